The molecule has 0 atom stereocenters. The van der Waals surface area contributed by atoms with E-state index in [1.54, 1.807) is 17.4 Å². The van der Waals surface area contributed by atoms with Crippen molar-refractivity contribution in [1.82, 2.24) is 9.88 Å². The fourth-order valence-corrected chi connectivity index (χ4v) is 2.77. The van der Waals surface area contributed by atoms with Gasteiger partial charge in [-0.2, -0.15) is 0 Å². The molecule has 5 heteroatoms. The molecule has 96 valence electrons. The summed E-state index contributed by atoms with van der Waals surface area (Å²) in [6, 6.07) is 5.11. The van der Waals surface area contributed by atoms with Gasteiger partial charge >= 0.3 is 0 Å². The average Bonchev–Trinajstić information content (AvgIpc) is 2.70. The third-order valence-corrected chi connectivity index (χ3v) is 4.28. The van der Waals surface area contributed by atoms with Crippen LogP contribution < -0.4 is 0 Å². The Hall–Kier alpha value is -0.780. The van der Waals surface area contributed by atoms with Gasteiger partial charge in [-0.15, -0.1) is 11.3 Å². The third-order valence-electron chi connectivity index (χ3n) is 2.57. The Morgan fingerprint density at radius 3 is 2.83 bits per heavy atom. The molecule has 0 fully saturated rings. The van der Waals surface area contributed by atoms with Gasteiger partial charge in [0.15, 0.2) is 0 Å². The van der Waals surface area contributed by atoms with E-state index in [2.05, 4.69) is 31.2 Å². The molecule has 0 unspecified atom stereocenters. The molecule has 18 heavy (non-hydrogen) atoms. The molecule has 2 nitrogen and oxygen atoms in total. The summed E-state index contributed by atoms with van der Waals surface area (Å²) >= 11 is 4.93. The summed E-state index contributed by atoms with van der Waals surface area (Å²) in [7, 11) is 2.01. The van der Waals surface area contributed by atoms with Crippen LogP contribution in [0, 0.1) is 12.7 Å². The van der Waals surface area contributed by atoms with Gasteiger partial charge < -0.3 is 0 Å². The molecule has 0 N–H and O–H groups in total. The van der Waals surface area contributed by atoms with E-state index in [1.807, 2.05) is 20.0 Å². The van der Waals surface area contributed by atoms with Crippen LogP contribution in [-0.2, 0) is 13.1 Å². The fraction of sp³-hybridized carbons (Fsp3) is 0.308. The van der Waals surface area contributed by atoms with Crippen molar-refractivity contribution < 1.29 is 4.39 Å². The van der Waals surface area contributed by atoms with Crippen LogP contribution >= 0.6 is 27.3 Å². The predicted molar refractivity (Wildman–Crippen MR) is 76.1 cm³/mol. The maximum Gasteiger partial charge on any atom is 0.137 e. The second kappa shape index (κ2) is 5.91. The number of halogens is 2. The van der Waals surface area contributed by atoms with Crippen LogP contribution in [0.15, 0.2) is 28.1 Å². The minimum atomic E-state index is -0.217. The van der Waals surface area contributed by atoms with Crippen LogP contribution in [0.4, 0.5) is 4.39 Å². The first kappa shape index (κ1) is 13.6. The lowest BCUT2D eigenvalue weighted by molar-refractivity contribution is 0.314. The van der Waals surface area contributed by atoms with Crippen molar-refractivity contribution >= 4 is 27.3 Å². The molecular formula is C13H14BrFN2S. The first-order valence-corrected chi connectivity index (χ1v) is 7.26. The summed E-state index contributed by atoms with van der Waals surface area (Å²) in [6.07, 6.45) is 0. The molecule has 1 aromatic heterocycles. The SMILES string of the molecule is Cc1nc(CN(C)Cc2cccc(F)c2Br)cs1. The number of aryl methyl sites for hydroxylation is 1. The Morgan fingerprint density at radius 2 is 2.17 bits per heavy atom. The van der Waals surface area contributed by atoms with Crippen molar-refractivity contribution in [3.63, 3.8) is 0 Å². The highest BCUT2D eigenvalue weighted by Gasteiger charge is 2.09. The van der Waals surface area contributed by atoms with E-state index in [1.165, 1.54) is 6.07 Å². The zero-order valence-corrected chi connectivity index (χ0v) is 12.7. The molecule has 2 aromatic rings. The molecule has 0 radical (unpaired) electrons. The van der Waals surface area contributed by atoms with Gasteiger partial charge in [-0.05, 0) is 41.5 Å². The lowest BCUT2D eigenvalue weighted by atomic mass is 10.2. The quantitative estimate of drug-likeness (QED) is 0.843. The molecule has 0 aliphatic carbocycles. The van der Waals surface area contributed by atoms with Crippen molar-refractivity contribution in [2.24, 2.45) is 0 Å². The van der Waals surface area contributed by atoms with E-state index in [9.17, 15) is 4.39 Å². The Kier molecular flexibility index (Phi) is 4.48. The first-order valence-electron chi connectivity index (χ1n) is 5.58. The lowest BCUT2D eigenvalue weighted by Gasteiger charge is -2.16. The number of benzene rings is 1. The van der Waals surface area contributed by atoms with E-state index >= 15 is 0 Å². The van der Waals surface area contributed by atoms with Crippen LogP contribution in [-0.4, -0.2) is 16.9 Å². The van der Waals surface area contributed by atoms with Gasteiger partial charge in [0.05, 0.1) is 15.2 Å². The van der Waals surface area contributed by atoms with E-state index < -0.39 is 0 Å². The summed E-state index contributed by atoms with van der Waals surface area (Å²) in [5.41, 5.74) is 2.01. The van der Waals surface area contributed by atoms with Crippen LogP contribution in [0.5, 0.6) is 0 Å². The van der Waals surface area contributed by atoms with Crippen molar-refractivity contribution in [2.45, 2.75) is 20.0 Å². The molecule has 0 saturated carbocycles. The van der Waals surface area contributed by atoms with Crippen LogP contribution in [0.1, 0.15) is 16.3 Å². The molecule has 0 saturated heterocycles. The average molecular weight is 329 g/mol. The minimum absolute atomic E-state index is 0.217. The van der Waals surface area contributed by atoms with Gasteiger partial charge in [-0.25, -0.2) is 9.37 Å². The summed E-state index contributed by atoms with van der Waals surface area (Å²) in [6.45, 7) is 3.46. The Balaban J connectivity index is 2.03. The summed E-state index contributed by atoms with van der Waals surface area (Å²) in [4.78, 5) is 6.54. The van der Waals surface area contributed by atoms with Crippen LogP contribution in [0.3, 0.4) is 0 Å². The third kappa shape index (κ3) is 3.37. The number of nitrogens with zero attached hydrogens (tertiary/aromatic N) is 2. The van der Waals surface area contributed by atoms with Gasteiger partial charge in [0.2, 0.25) is 0 Å². The molecule has 2 rings (SSSR count). The maximum atomic E-state index is 13.4. The minimum Gasteiger partial charge on any atom is -0.296 e. The number of rotatable bonds is 4. The van der Waals surface area contributed by atoms with Crippen molar-refractivity contribution in [2.75, 3.05) is 7.05 Å². The zero-order valence-electron chi connectivity index (χ0n) is 10.3. The summed E-state index contributed by atoms with van der Waals surface area (Å²) in [5.74, 6) is -0.217. The van der Waals surface area contributed by atoms with E-state index in [-0.39, 0.29) is 5.82 Å². The summed E-state index contributed by atoms with van der Waals surface area (Å²) in [5, 5.41) is 3.14. The molecule has 0 aliphatic heterocycles. The number of hydrogen-bond donors (Lipinski definition) is 0. The number of thiazole rings is 1. The second-order valence-corrected chi connectivity index (χ2v) is 6.10. The molecule has 0 aliphatic rings. The van der Waals surface area contributed by atoms with Gasteiger partial charge in [0, 0.05) is 18.5 Å². The molecule has 1 aromatic carbocycles. The maximum absolute atomic E-state index is 13.4. The number of aromatic nitrogens is 1. The Bertz CT molecular complexity index is 542. The molecule has 0 bridgehead atoms. The predicted octanol–water partition coefficient (Wildman–Crippen LogP) is 3.99. The normalized spacial score (nSPS) is 11.2. The zero-order chi connectivity index (χ0) is 13.1. The van der Waals surface area contributed by atoms with E-state index in [0.29, 0.717) is 11.0 Å². The van der Waals surface area contributed by atoms with Gasteiger partial charge in [0.25, 0.3) is 0 Å². The smallest absolute Gasteiger partial charge is 0.137 e. The van der Waals surface area contributed by atoms with Crippen molar-refractivity contribution in [1.29, 1.82) is 0 Å². The van der Waals surface area contributed by atoms with Crippen molar-refractivity contribution in [3.8, 4) is 0 Å². The molecule has 0 spiro atoms. The fourth-order valence-electron chi connectivity index (χ4n) is 1.77. The standard InChI is InChI=1S/C13H14BrFN2S/c1-9-16-11(8-18-9)7-17(2)6-10-4-3-5-12(15)13(10)14/h3-5,8H,6-7H2,1-2H3. The highest BCUT2D eigenvalue weighted by Crippen LogP contribution is 2.22. The lowest BCUT2D eigenvalue weighted by Crippen LogP contribution is -2.17. The largest absolute Gasteiger partial charge is 0.296 e. The van der Waals surface area contributed by atoms with Gasteiger partial charge in [-0.1, -0.05) is 12.1 Å². The topological polar surface area (TPSA) is 16.1 Å². The second-order valence-electron chi connectivity index (χ2n) is 4.24. The first-order chi connectivity index (χ1) is 8.56. The highest BCUT2D eigenvalue weighted by molar-refractivity contribution is 9.10. The van der Waals surface area contributed by atoms with Gasteiger partial charge in [-0.3, -0.25) is 4.90 Å². The Labute approximate surface area is 119 Å². The van der Waals surface area contributed by atoms with Crippen molar-refractivity contribution in [3.05, 3.63) is 50.1 Å². The van der Waals surface area contributed by atoms with E-state index in [0.717, 1.165) is 22.8 Å². The molecular weight excluding hydrogens is 315 g/mol. The molecule has 0 amide bonds. The number of hydrogen-bond acceptors (Lipinski definition) is 3. The summed E-state index contributed by atoms with van der Waals surface area (Å²) < 4.78 is 13.9. The molecule has 1 heterocycles. The Morgan fingerprint density at radius 1 is 1.39 bits per heavy atom. The van der Waals surface area contributed by atoms with E-state index in [4.69, 9.17) is 0 Å². The van der Waals surface area contributed by atoms with Crippen LogP contribution in [0.25, 0.3) is 0 Å². The highest BCUT2D eigenvalue weighted by atomic mass is 79.9. The monoisotopic (exact) mass is 328 g/mol. The van der Waals surface area contributed by atoms with Crippen LogP contribution in [0.2, 0.25) is 0 Å². The van der Waals surface area contributed by atoms with Gasteiger partial charge in [0.1, 0.15) is 5.82 Å².